The molecule has 0 aromatic heterocycles. The Morgan fingerprint density at radius 2 is 2.25 bits per heavy atom. The quantitative estimate of drug-likeness (QED) is 0.269. The van der Waals surface area contributed by atoms with Gasteiger partial charge in [-0.3, -0.25) is 0 Å². The Kier molecular flexibility index (Phi) is 3.34. The minimum atomic E-state index is 0.304. The van der Waals surface area contributed by atoms with Crippen molar-refractivity contribution in [1.82, 2.24) is 0 Å². The van der Waals surface area contributed by atoms with E-state index in [9.17, 15) is 0 Å². The molecule has 4 heteroatoms. The van der Waals surface area contributed by atoms with Crippen LogP contribution in [0.25, 0.3) is 0 Å². The van der Waals surface area contributed by atoms with E-state index in [0.29, 0.717) is 8.21 Å². The van der Waals surface area contributed by atoms with Crippen LogP contribution in [0.1, 0.15) is 6.92 Å². The van der Waals surface area contributed by atoms with Crippen molar-refractivity contribution in [3.8, 4) is 0 Å². The summed E-state index contributed by atoms with van der Waals surface area (Å²) in [5.74, 6) is 0. The summed E-state index contributed by atoms with van der Waals surface area (Å²) in [6.07, 6.45) is 0. The van der Waals surface area contributed by atoms with Gasteiger partial charge in [0, 0.05) is 0 Å². The fraction of sp³-hybridized carbons (Fsp3) is 0.750. The molecule has 0 rings (SSSR count). The van der Waals surface area contributed by atoms with Gasteiger partial charge in [0.15, 0.2) is 0 Å². The molecule has 0 heterocycles. The zero-order valence-electron chi connectivity index (χ0n) is 4.92. The first-order valence-corrected chi connectivity index (χ1v) is 3.53. The molecular formula is C4H9NS3. The average Bonchev–Trinajstić information content (AvgIpc) is 1.67. The van der Waals surface area contributed by atoms with Crippen LogP contribution < -0.4 is 0 Å². The van der Waals surface area contributed by atoms with E-state index in [0.717, 1.165) is 6.54 Å². The molecule has 0 N–H and O–H groups in total. The second-order valence-electron chi connectivity index (χ2n) is 1.70. The summed E-state index contributed by atoms with van der Waals surface area (Å²) in [4.78, 5) is 0. The standard InChI is InChI=1S/C4H9NS3/c1-3-5(2,8)4(6)7/h3H2,1-2H3,(H,6,7). The Labute approximate surface area is 66.6 Å². The van der Waals surface area contributed by atoms with Crippen LogP contribution in [0.15, 0.2) is 0 Å². The summed E-state index contributed by atoms with van der Waals surface area (Å²) in [5, 5.41) is 0. The minimum Gasteiger partial charge on any atom is -0.487 e. The summed E-state index contributed by atoms with van der Waals surface area (Å²) in [6, 6.07) is 0. The third-order valence-corrected chi connectivity index (χ3v) is 2.54. The van der Waals surface area contributed by atoms with Crippen LogP contribution >= 0.6 is 24.8 Å². The first-order valence-electron chi connectivity index (χ1n) is 2.30. The number of quaternary nitrogens is 1. The molecule has 0 amide bonds. The number of rotatable bonds is 1. The van der Waals surface area contributed by atoms with Gasteiger partial charge < -0.3 is 16.7 Å². The van der Waals surface area contributed by atoms with Crippen molar-refractivity contribution >= 4 is 42.0 Å². The molecule has 8 heavy (non-hydrogen) atoms. The van der Waals surface area contributed by atoms with Gasteiger partial charge in [-0.15, -0.1) is 0 Å². The molecule has 1 nitrogen and oxygen atoms in total. The topological polar surface area (TPSA) is 0 Å². The molecule has 1 atom stereocenters. The predicted octanol–water partition coefficient (Wildman–Crippen LogP) is 1.13. The van der Waals surface area contributed by atoms with Gasteiger partial charge in [0.1, 0.15) is 0 Å². The second-order valence-corrected chi connectivity index (χ2v) is 3.62. The monoisotopic (exact) mass is 167 g/mol. The Morgan fingerprint density at radius 1 is 1.88 bits per heavy atom. The van der Waals surface area contributed by atoms with Crippen LogP contribution in [0, 0.1) is 0 Å². The highest BCUT2D eigenvalue weighted by molar-refractivity contribution is 8.10. The van der Waals surface area contributed by atoms with Gasteiger partial charge in [-0.1, -0.05) is 12.6 Å². The molecule has 0 aliphatic carbocycles. The highest BCUT2D eigenvalue weighted by Gasteiger charge is 2.06. The van der Waals surface area contributed by atoms with E-state index in [1.807, 2.05) is 14.0 Å². The van der Waals surface area contributed by atoms with Crippen molar-refractivity contribution in [2.75, 3.05) is 13.6 Å². The van der Waals surface area contributed by atoms with Crippen molar-refractivity contribution in [1.29, 1.82) is 0 Å². The molecule has 0 saturated heterocycles. The Morgan fingerprint density at radius 3 is 2.25 bits per heavy atom. The largest absolute Gasteiger partial charge is 0.487 e. The van der Waals surface area contributed by atoms with Gasteiger partial charge in [0.2, 0.25) is 4.32 Å². The molecule has 0 fully saturated rings. The lowest BCUT2D eigenvalue weighted by Gasteiger charge is -2.36. The molecule has 0 saturated carbocycles. The van der Waals surface area contributed by atoms with E-state index in [2.05, 4.69) is 12.6 Å². The van der Waals surface area contributed by atoms with E-state index >= 15 is 0 Å². The normalized spacial score (nSPS) is 17.5. The van der Waals surface area contributed by atoms with Crippen molar-refractivity contribution in [2.45, 2.75) is 6.92 Å². The molecule has 0 spiro atoms. The van der Waals surface area contributed by atoms with E-state index in [4.69, 9.17) is 25.0 Å². The van der Waals surface area contributed by atoms with Crippen LogP contribution in [-0.4, -0.2) is 21.8 Å². The van der Waals surface area contributed by atoms with Gasteiger partial charge in [0.05, 0.1) is 13.6 Å². The van der Waals surface area contributed by atoms with Crippen molar-refractivity contribution in [3.63, 3.8) is 0 Å². The molecule has 0 bridgehead atoms. The van der Waals surface area contributed by atoms with E-state index in [1.165, 1.54) is 0 Å². The van der Waals surface area contributed by atoms with Crippen LogP contribution in [0.2, 0.25) is 0 Å². The first kappa shape index (κ1) is 8.75. The molecular weight excluding hydrogens is 158 g/mol. The third-order valence-electron chi connectivity index (χ3n) is 1.01. The van der Waals surface area contributed by atoms with Crippen LogP contribution in [0.4, 0.5) is 0 Å². The highest BCUT2D eigenvalue weighted by atomic mass is 32.1. The number of nitrogens with zero attached hydrogens (tertiary/aromatic N) is 1. The molecule has 0 radical (unpaired) electrons. The molecule has 48 valence electrons. The summed E-state index contributed by atoms with van der Waals surface area (Å²) >= 11 is 13.7. The van der Waals surface area contributed by atoms with Gasteiger partial charge in [0.25, 0.3) is 0 Å². The maximum Gasteiger partial charge on any atom is 0.212 e. The molecule has 0 aromatic rings. The van der Waals surface area contributed by atoms with Crippen LogP contribution in [-0.2, 0) is 12.8 Å². The average molecular weight is 167 g/mol. The number of thiol groups is 1. The van der Waals surface area contributed by atoms with Crippen LogP contribution in [0.5, 0.6) is 0 Å². The van der Waals surface area contributed by atoms with Gasteiger partial charge in [-0.25, -0.2) is 0 Å². The zero-order chi connectivity index (χ0) is 6.78. The SMILES string of the molecule is CC[N+](C)([S-])C(=S)S. The first-order chi connectivity index (χ1) is 3.50. The molecule has 1 unspecified atom stereocenters. The molecule has 0 aromatic carbocycles. The lowest BCUT2D eigenvalue weighted by Crippen LogP contribution is -2.39. The predicted molar refractivity (Wildman–Crippen MR) is 45.7 cm³/mol. The van der Waals surface area contributed by atoms with Crippen molar-refractivity contribution < 1.29 is 3.89 Å². The Bertz CT molecular complexity index is 99.5. The molecule has 0 aliphatic rings. The fourth-order valence-corrected chi connectivity index (χ4v) is 0.406. The van der Waals surface area contributed by atoms with Crippen molar-refractivity contribution in [3.05, 3.63) is 0 Å². The van der Waals surface area contributed by atoms with E-state index in [1.54, 1.807) is 0 Å². The second kappa shape index (κ2) is 3.06. The highest BCUT2D eigenvalue weighted by Crippen LogP contribution is 2.03. The summed E-state index contributed by atoms with van der Waals surface area (Å²) in [6.45, 7) is 2.80. The number of hydrogen-bond acceptors (Lipinski definition) is 2. The van der Waals surface area contributed by atoms with Crippen LogP contribution in [0.3, 0.4) is 0 Å². The summed E-state index contributed by atoms with van der Waals surface area (Å²) < 4.78 is 0.862. The van der Waals surface area contributed by atoms with Crippen molar-refractivity contribution in [2.24, 2.45) is 0 Å². The number of hydrogen-bond donors (Lipinski definition) is 1. The molecule has 0 aliphatic heterocycles. The van der Waals surface area contributed by atoms with E-state index < -0.39 is 0 Å². The maximum absolute atomic E-state index is 4.99. The fourth-order valence-electron chi connectivity index (χ4n) is 0.135. The smallest absolute Gasteiger partial charge is 0.212 e. The minimum absolute atomic E-state index is 0.304. The maximum atomic E-state index is 4.99. The number of thiocarbonyl (C=S) groups is 1. The third kappa shape index (κ3) is 2.35. The van der Waals surface area contributed by atoms with Gasteiger partial charge >= 0.3 is 0 Å². The Balaban J connectivity index is 3.91. The van der Waals surface area contributed by atoms with Gasteiger partial charge in [-0.2, -0.15) is 0 Å². The summed E-state index contributed by atoms with van der Waals surface area (Å²) in [7, 11) is 1.85. The lowest BCUT2D eigenvalue weighted by atomic mass is 10.7. The Hall–Kier alpha value is 0.750. The van der Waals surface area contributed by atoms with Gasteiger partial charge in [-0.05, 0) is 19.1 Å². The van der Waals surface area contributed by atoms with E-state index in [-0.39, 0.29) is 0 Å². The lowest BCUT2D eigenvalue weighted by molar-refractivity contribution is -0.661. The summed E-state index contributed by atoms with van der Waals surface area (Å²) in [5.41, 5.74) is 0. The zero-order valence-corrected chi connectivity index (χ0v) is 7.45.